The molecule has 1 saturated heterocycles. The maximum absolute atomic E-state index is 9.18. The first-order chi connectivity index (χ1) is 12.8. The summed E-state index contributed by atoms with van der Waals surface area (Å²) in [5.74, 6) is 0.808. The van der Waals surface area contributed by atoms with E-state index in [1.54, 1.807) is 29.3 Å². The molecule has 0 unspecified atom stereocenters. The summed E-state index contributed by atoms with van der Waals surface area (Å²) in [6.07, 6.45) is 5.50. The molecule has 4 heterocycles. The van der Waals surface area contributed by atoms with Crippen LogP contribution in [-0.2, 0) is 0 Å². The lowest BCUT2D eigenvalue weighted by Crippen LogP contribution is -2.17. The van der Waals surface area contributed by atoms with Gasteiger partial charge in [0, 0.05) is 18.3 Å². The molecule has 0 bridgehead atoms. The standard InChI is InChI=1S/C18H13N7O/c19-10-13-9-12(6-7-21-13)14-3-1-4-15(22-14)18-23-17(24-26-18)16-5-2-8-25(16)11-20/h1,3-4,6-7,9,16H,2,5,8H2/t16-/m0/s1. The van der Waals surface area contributed by atoms with Crippen molar-refractivity contribution in [2.75, 3.05) is 6.54 Å². The van der Waals surface area contributed by atoms with Gasteiger partial charge in [-0.3, -0.25) is 4.90 Å². The molecule has 3 aromatic rings. The molecule has 0 saturated carbocycles. The van der Waals surface area contributed by atoms with Crippen LogP contribution in [-0.4, -0.2) is 31.6 Å². The Labute approximate surface area is 149 Å². The Morgan fingerprint density at radius 2 is 2.04 bits per heavy atom. The molecule has 1 aliphatic heterocycles. The second-order valence-corrected chi connectivity index (χ2v) is 5.86. The number of hydrogen-bond donors (Lipinski definition) is 0. The van der Waals surface area contributed by atoms with Gasteiger partial charge in [0.15, 0.2) is 12.0 Å². The first kappa shape index (κ1) is 15.7. The zero-order valence-electron chi connectivity index (χ0n) is 13.7. The van der Waals surface area contributed by atoms with E-state index in [9.17, 15) is 5.26 Å². The molecule has 26 heavy (non-hydrogen) atoms. The van der Waals surface area contributed by atoms with Crippen LogP contribution in [0, 0.1) is 22.8 Å². The maximum Gasteiger partial charge on any atom is 0.276 e. The summed E-state index contributed by atoms with van der Waals surface area (Å²) in [5.41, 5.74) is 2.33. The SMILES string of the molecule is N#Cc1cc(-c2cccc(-c3nc([C@@H]4CCCN4C#N)no3)n2)ccn1. The van der Waals surface area contributed by atoms with Crippen molar-refractivity contribution in [1.82, 2.24) is 25.0 Å². The third kappa shape index (κ3) is 2.85. The largest absolute Gasteiger partial charge is 0.332 e. The number of aromatic nitrogens is 4. The third-order valence-electron chi connectivity index (χ3n) is 4.26. The van der Waals surface area contributed by atoms with E-state index in [0.29, 0.717) is 35.3 Å². The third-order valence-corrected chi connectivity index (χ3v) is 4.26. The molecule has 0 aromatic carbocycles. The quantitative estimate of drug-likeness (QED) is 0.666. The minimum atomic E-state index is -0.140. The lowest BCUT2D eigenvalue weighted by molar-refractivity contribution is 0.339. The Kier molecular flexibility index (Phi) is 4.00. The molecule has 0 aliphatic carbocycles. The van der Waals surface area contributed by atoms with E-state index in [4.69, 9.17) is 9.78 Å². The summed E-state index contributed by atoms with van der Waals surface area (Å²) in [6, 6.07) is 10.8. The van der Waals surface area contributed by atoms with Gasteiger partial charge in [0.2, 0.25) is 0 Å². The average molecular weight is 343 g/mol. The fraction of sp³-hybridized carbons (Fsp3) is 0.222. The Morgan fingerprint density at radius 1 is 1.15 bits per heavy atom. The van der Waals surface area contributed by atoms with Crippen LogP contribution < -0.4 is 0 Å². The minimum absolute atomic E-state index is 0.140. The van der Waals surface area contributed by atoms with Crippen molar-refractivity contribution in [3.63, 3.8) is 0 Å². The van der Waals surface area contributed by atoms with E-state index in [2.05, 4.69) is 26.3 Å². The highest BCUT2D eigenvalue weighted by atomic mass is 16.5. The summed E-state index contributed by atoms with van der Waals surface area (Å²) in [5, 5.41) is 22.2. The van der Waals surface area contributed by atoms with E-state index in [0.717, 1.165) is 18.4 Å². The number of nitriles is 2. The van der Waals surface area contributed by atoms with E-state index >= 15 is 0 Å². The van der Waals surface area contributed by atoms with Crippen LogP contribution in [0.25, 0.3) is 22.8 Å². The fourth-order valence-corrected chi connectivity index (χ4v) is 2.99. The highest BCUT2D eigenvalue weighted by molar-refractivity contribution is 5.63. The van der Waals surface area contributed by atoms with Crippen LogP contribution in [0.4, 0.5) is 0 Å². The number of pyridine rings is 2. The van der Waals surface area contributed by atoms with Crippen LogP contribution in [0.2, 0.25) is 0 Å². The second-order valence-electron chi connectivity index (χ2n) is 5.86. The van der Waals surface area contributed by atoms with Gasteiger partial charge in [0.1, 0.15) is 23.5 Å². The van der Waals surface area contributed by atoms with E-state index in [1.165, 1.54) is 0 Å². The zero-order chi connectivity index (χ0) is 17.9. The van der Waals surface area contributed by atoms with Gasteiger partial charge in [-0.05, 0) is 37.1 Å². The van der Waals surface area contributed by atoms with Crippen molar-refractivity contribution in [3.8, 4) is 35.1 Å². The van der Waals surface area contributed by atoms with Crippen LogP contribution in [0.1, 0.15) is 30.4 Å². The number of rotatable bonds is 3. The lowest BCUT2D eigenvalue weighted by atomic mass is 10.1. The van der Waals surface area contributed by atoms with Crippen molar-refractivity contribution in [3.05, 3.63) is 48.0 Å². The molecule has 0 radical (unpaired) electrons. The van der Waals surface area contributed by atoms with Crippen LogP contribution in [0.15, 0.2) is 41.1 Å². The highest BCUT2D eigenvalue weighted by Gasteiger charge is 2.29. The molecule has 1 atom stereocenters. The summed E-state index contributed by atoms with van der Waals surface area (Å²) in [7, 11) is 0. The summed E-state index contributed by atoms with van der Waals surface area (Å²) in [4.78, 5) is 14.6. The summed E-state index contributed by atoms with van der Waals surface area (Å²) >= 11 is 0. The van der Waals surface area contributed by atoms with Crippen LogP contribution in [0.5, 0.6) is 0 Å². The molecule has 0 N–H and O–H groups in total. The van der Waals surface area contributed by atoms with Gasteiger partial charge in [-0.2, -0.15) is 15.5 Å². The van der Waals surface area contributed by atoms with Crippen LogP contribution in [0.3, 0.4) is 0 Å². The van der Waals surface area contributed by atoms with Gasteiger partial charge in [-0.15, -0.1) is 0 Å². The van der Waals surface area contributed by atoms with E-state index in [1.807, 2.05) is 18.2 Å². The van der Waals surface area contributed by atoms with Gasteiger partial charge in [-0.1, -0.05) is 11.2 Å². The molecular formula is C18H13N7O. The van der Waals surface area contributed by atoms with Crippen molar-refractivity contribution >= 4 is 0 Å². The Hall–Kier alpha value is -3.78. The highest BCUT2D eigenvalue weighted by Crippen LogP contribution is 2.30. The number of hydrogen-bond acceptors (Lipinski definition) is 8. The molecule has 3 aromatic heterocycles. The van der Waals surface area contributed by atoms with Crippen molar-refractivity contribution in [2.45, 2.75) is 18.9 Å². The Bertz CT molecular complexity index is 1030. The monoisotopic (exact) mass is 343 g/mol. The average Bonchev–Trinajstić information content (AvgIpc) is 3.37. The van der Waals surface area contributed by atoms with Crippen molar-refractivity contribution in [2.24, 2.45) is 0 Å². The van der Waals surface area contributed by atoms with Crippen molar-refractivity contribution in [1.29, 1.82) is 10.5 Å². The second kappa shape index (κ2) is 6.61. The van der Waals surface area contributed by atoms with Crippen LogP contribution >= 0.6 is 0 Å². The Balaban J connectivity index is 1.65. The zero-order valence-corrected chi connectivity index (χ0v) is 13.7. The Morgan fingerprint density at radius 3 is 2.88 bits per heavy atom. The van der Waals surface area contributed by atoms with E-state index < -0.39 is 0 Å². The first-order valence-corrected chi connectivity index (χ1v) is 8.12. The van der Waals surface area contributed by atoms with Gasteiger partial charge >= 0.3 is 0 Å². The normalized spacial score (nSPS) is 16.2. The molecule has 4 rings (SSSR count). The molecule has 8 nitrogen and oxygen atoms in total. The predicted molar refractivity (Wildman–Crippen MR) is 89.8 cm³/mol. The molecule has 1 fully saturated rings. The van der Waals surface area contributed by atoms with Gasteiger partial charge < -0.3 is 4.52 Å². The lowest BCUT2D eigenvalue weighted by Gasteiger charge is -2.13. The van der Waals surface area contributed by atoms with E-state index in [-0.39, 0.29) is 6.04 Å². The number of likely N-dealkylation sites (tertiary alicyclic amines) is 1. The minimum Gasteiger partial charge on any atom is -0.332 e. The smallest absolute Gasteiger partial charge is 0.276 e. The van der Waals surface area contributed by atoms with Crippen molar-refractivity contribution < 1.29 is 4.52 Å². The summed E-state index contributed by atoms with van der Waals surface area (Å²) in [6.45, 7) is 0.710. The van der Waals surface area contributed by atoms with Gasteiger partial charge in [-0.25, -0.2) is 9.97 Å². The summed E-state index contributed by atoms with van der Waals surface area (Å²) < 4.78 is 5.37. The van der Waals surface area contributed by atoms with Gasteiger partial charge in [0.25, 0.3) is 5.89 Å². The molecule has 0 amide bonds. The molecule has 0 spiro atoms. The first-order valence-electron chi connectivity index (χ1n) is 8.12. The van der Waals surface area contributed by atoms with Gasteiger partial charge in [0.05, 0.1) is 5.69 Å². The molecule has 8 heteroatoms. The molecule has 1 aliphatic rings. The maximum atomic E-state index is 9.18. The molecular weight excluding hydrogens is 330 g/mol. The fourth-order valence-electron chi connectivity index (χ4n) is 2.99. The predicted octanol–water partition coefficient (Wildman–Crippen LogP) is 2.68. The molecule has 126 valence electrons. The number of nitrogens with zero attached hydrogens (tertiary/aromatic N) is 7. The topological polar surface area (TPSA) is 116 Å².